The molecule has 0 radical (unpaired) electrons. The van der Waals surface area contributed by atoms with Crippen LogP contribution in [0, 0.1) is 0 Å². The largest absolute Gasteiger partial charge is 0.377 e. The van der Waals surface area contributed by atoms with E-state index in [1.165, 1.54) is 7.11 Å². The van der Waals surface area contributed by atoms with Crippen molar-refractivity contribution in [3.05, 3.63) is 0 Å². The molecule has 52 valence electrons. The van der Waals surface area contributed by atoms with E-state index in [1.54, 1.807) is 0 Å². The monoisotopic (exact) mass is 129 g/mol. The SMILES string of the molecule is COCC(=O)C1CCN1. The van der Waals surface area contributed by atoms with Crippen molar-refractivity contribution in [3.63, 3.8) is 0 Å². The lowest BCUT2D eigenvalue weighted by atomic mass is 10.0. The first kappa shape index (κ1) is 6.71. The third-order valence-corrected chi connectivity index (χ3v) is 1.50. The van der Waals surface area contributed by atoms with Gasteiger partial charge in [0.05, 0.1) is 6.04 Å². The highest BCUT2D eigenvalue weighted by Gasteiger charge is 2.23. The molecule has 1 N–H and O–H groups in total. The molecule has 1 fully saturated rings. The van der Waals surface area contributed by atoms with Gasteiger partial charge in [-0.1, -0.05) is 0 Å². The molecule has 0 aromatic rings. The van der Waals surface area contributed by atoms with Crippen LogP contribution in [-0.4, -0.2) is 32.1 Å². The fraction of sp³-hybridized carbons (Fsp3) is 0.833. The molecule has 1 aliphatic rings. The summed E-state index contributed by atoms with van der Waals surface area (Å²) in [5, 5.41) is 3.00. The van der Waals surface area contributed by atoms with Crippen molar-refractivity contribution < 1.29 is 9.53 Å². The number of ether oxygens (including phenoxy) is 1. The summed E-state index contributed by atoms with van der Waals surface area (Å²) in [6.07, 6.45) is 0.974. The van der Waals surface area contributed by atoms with E-state index < -0.39 is 0 Å². The highest BCUT2D eigenvalue weighted by molar-refractivity contribution is 5.85. The van der Waals surface area contributed by atoms with Gasteiger partial charge < -0.3 is 10.1 Å². The predicted octanol–water partition coefficient (Wildman–Crippen LogP) is -0.436. The number of carbonyl (C=O) groups excluding carboxylic acids is 1. The smallest absolute Gasteiger partial charge is 0.175 e. The van der Waals surface area contributed by atoms with E-state index in [9.17, 15) is 4.79 Å². The zero-order valence-electron chi connectivity index (χ0n) is 5.52. The van der Waals surface area contributed by atoms with E-state index >= 15 is 0 Å². The van der Waals surface area contributed by atoms with Gasteiger partial charge in [-0.3, -0.25) is 4.79 Å². The van der Waals surface area contributed by atoms with Crippen LogP contribution in [0.1, 0.15) is 6.42 Å². The van der Waals surface area contributed by atoms with E-state index in [1.807, 2.05) is 0 Å². The number of nitrogens with one attached hydrogen (secondary N) is 1. The second kappa shape index (κ2) is 2.94. The number of carbonyl (C=O) groups is 1. The van der Waals surface area contributed by atoms with Crippen molar-refractivity contribution in [1.82, 2.24) is 5.32 Å². The summed E-state index contributed by atoms with van der Waals surface area (Å²) >= 11 is 0. The minimum absolute atomic E-state index is 0.0879. The van der Waals surface area contributed by atoms with Crippen LogP contribution in [0.25, 0.3) is 0 Å². The summed E-state index contributed by atoms with van der Waals surface area (Å²) in [6, 6.07) is 0.0879. The van der Waals surface area contributed by atoms with E-state index in [-0.39, 0.29) is 18.4 Å². The van der Waals surface area contributed by atoms with Gasteiger partial charge >= 0.3 is 0 Å². The molecule has 0 aliphatic carbocycles. The quantitative estimate of drug-likeness (QED) is 0.561. The summed E-state index contributed by atoms with van der Waals surface area (Å²) in [5.74, 6) is 0.170. The lowest BCUT2D eigenvalue weighted by molar-refractivity contribution is -0.126. The molecule has 9 heavy (non-hydrogen) atoms. The molecule has 0 amide bonds. The maximum Gasteiger partial charge on any atom is 0.175 e. The summed E-state index contributed by atoms with van der Waals surface area (Å²) in [5.41, 5.74) is 0. The van der Waals surface area contributed by atoms with Crippen molar-refractivity contribution in [2.45, 2.75) is 12.5 Å². The molecule has 1 atom stereocenters. The first-order chi connectivity index (χ1) is 4.34. The average molecular weight is 129 g/mol. The van der Waals surface area contributed by atoms with E-state index in [2.05, 4.69) is 10.1 Å². The van der Waals surface area contributed by atoms with Crippen LogP contribution >= 0.6 is 0 Å². The first-order valence-corrected chi connectivity index (χ1v) is 3.09. The van der Waals surface area contributed by atoms with Gasteiger partial charge in [0.1, 0.15) is 6.61 Å². The van der Waals surface area contributed by atoms with Crippen LogP contribution in [0.2, 0.25) is 0 Å². The van der Waals surface area contributed by atoms with Gasteiger partial charge in [-0.25, -0.2) is 0 Å². The van der Waals surface area contributed by atoms with Crippen LogP contribution in [0.15, 0.2) is 0 Å². The van der Waals surface area contributed by atoms with Crippen molar-refractivity contribution in [1.29, 1.82) is 0 Å². The molecule has 1 aliphatic heterocycles. The number of hydrogen-bond acceptors (Lipinski definition) is 3. The second-order valence-corrected chi connectivity index (χ2v) is 2.19. The second-order valence-electron chi connectivity index (χ2n) is 2.19. The predicted molar refractivity (Wildman–Crippen MR) is 33.3 cm³/mol. The van der Waals surface area contributed by atoms with Gasteiger partial charge in [0.25, 0.3) is 0 Å². The third-order valence-electron chi connectivity index (χ3n) is 1.50. The molecule has 0 aromatic heterocycles. The number of methoxy groups -OCH3 is 1. The number of Topliss-reactive ketones (excluding diaryl/α,β-unsaturated/α-hetero) is 1. The van der Waals surface area contributed by atoms with Gasteiger partial charge in [-0.2, -0.15) is 0 Å². The van der Waals surface area contributed by atoms with Crippen LogP contribution in [0.3, 0.4) is 0 Å². The van der Waals surface area contributed by atoms with Gasteiger partial charge in [0.15, 0.2) is 5.78 Å². The summed E-state index contributed by atoms with van der Waals surface area (Å²) < 4.78 is 4.67. The molecule has 0 spiro atoms. The van der Waals surface area contributed by atoms with E-state index in [0.29, 0.717) is 0 Å². The Morgan fingerprint density at radius 2 is 2.56 bits per heavy atom. The van der Waals surface area contributed by atoms with Crippen molar-refractivity contribution in [2.75, 3.05) is 20.3 Å². The summed E-state index contributed by atoms with van der Waals surface area (Å²) in [4.78, 5) is 10.8. The Kier molecular flexibility index (Phi) is 2.19. The van der Waals surface area contributed by atoms with Crippen LogP contribution in [-0.2, 0) is 9.53 Å². The fourth-order valence-electron chi connectivity index (χ4n) is 0.806. The molecule has 0 saturated carbocycles. The maximum absolute atomic E-state index is 10.8. The lowest BCUT2D eigenvalue weighted by Crippen LogP contribution is -2.49. The summed E-state index contributed by atoms with van der Waals surface area (Å²) in [6.45, 7) is 1.22. The number of rotatable bonds is 3. The topological polar surface area (TPSA) is 38.3 Å². The van der Waals surface area contributed by atoms with Gasteiger partial charge in [-0.05, 0) is 13.0 Å². The van der Waals surface area contributed by atoms with Crippen molar-refractivity contribution in [3.8, 4) is 0 Å². The molecule has 1 heterocycles. The number of ketones is 1. The zero-order chi connectivity index (χ0) is 6.69. The highest BCUT2D eigenvalue weighted by Crippen LogP contribution is 2.02. The molecule has 1 rings (SSSR count). The molecule has 1 unspecified atom stereocenters. The van der Waals surface area contributed by atoms with Crippen molar-refractivity contribution in [2.24, 2.45) is 0 Å². The van der Waals surface area contributed by atoms with Crippen molar-refractivity contribution >= 4 is 5.78 Å². The fourth-order valence-corrected chi connectivity index (χ4v) is 0.806. The minimum Gasteiger partial charge on any atom is -0.377 e. The van der Waals surface area contributed by atoms with Gasteiger partial charge in [0.2, 0.25) is 0 Å². The van der Waals surface area contributed by atoms with Crippen LogP contribution in [0.4, 0.5) is 0 Å². The molecular formula is C6H11NO2. The van der Waals surface area contributed by atoms with Gasteiger partial charge in [-0.15, -0.1) is 0 Å². The average Bonchev–Trinajstić information content (AvgIpc) is 1.60. The first-order valence-electron chi connectivity index (χ1n) is 3.09. The Hall–Kier alpha value is -0.410. The summed E-state index contributed by atoms with van der Waals surface area (Å²) in [7, 11) is 1.54. The molecule has 1 saturated heterocycles. The van der Waals surface area contributed by atoms with Crippen LogP contribution in [0.5, 0.6) is 0 Å². The Morgan fingerprint density at radius 3 is 2.89 bits per heavy atom. The highest BCUT2D eigenvalue weighted by atomic mass is 16.5. The Labute approximate surface area is 54.4 Å². The normalized spacial score (nSPS) is 25.2. The molecule has 0 bridgehead atoms. The molecule has 3 heteroatoms. The Balaban J connectivity index is 2.16. The third kappa shape index (κ3) is 1.50. The van der Waals surface area contributed by atoms with E-state index in [0.717, 1.165) is 13.0 Å². The Bertz CT molecular complexity index is 110. The standard InChI is InChI=1S/C6H11NO2/c1-9-4-6(8)5-2-3-7-5/h5,7H,2-4H2,1H3. The zero-order valence-corrected chi connectivity index (χ0v) is 5.52. The Morgan fingerprint density at radius 1 is 1.89 bits per heavy atom. The molecule has 0 aromatic carbocycles. The van der Waals surface area contributed by atoms with Gasteiger partial charge in [0, 0.05) is 7.11 Å². The maximum atomic E-state index is 10.8. The molecule has 3 nitrogen and oxygen atoms in total. The van der Waals surface area contributed by atoms with Crippen LogP contribution < -0.4 is 5.32 Å². The minimum atomic E-state index is 0.0879. The molecular weight excluding hydrogens is 118 g/mol. The number of hydrogen-bond donors (Lipinski definition) is 1. The lowest BCUT2D eigenvalue weighted by Gasteiger charge is -2.25. The van der Waals surface area contributed by atoms with E-state index in [4.69, 9.17) is 0 Å².